The number of rotatable bonds is 3. The summed E-state index contributed by atoms with van der Waals surface area (Å²) in [6, 6.07) is 27.8. The van der Waals surface area contributed by atoms with E-state index in [1.54, 1.807) is 18.0 Å². The molecule has 1 heterocycles. The summed E-state index contributed by atoms with van der Waals surface area (Å²) in [6.07, 6.45) is -0.0607. The Morgan fingerprint density at radius 2 is 1.71 bits per heavy atom. The lowest BCUT2D eigenvalue weighted by Gasteiger charge is -2.22. The van der Waals surface area contributed by atoms with Crippen LogP contribution in [0.1, 0.15) is 22.3 Å². The molecule has 0 bridgehead atoms. The molecule has 2 N–H and O–H groups in total. The van der Waals surface area contributed by atoms with Gasteiger partial charge in [-0.1, -0.05) is 70.0 Å². The molecular weight excluding hydrogens is 580 g/mol. The molecule has 1 atom stereocenters. The van der Waals surface area contributed by atoms with Crippen molar-refractivity contribution in [2.45, 2.75) is 12.6 Å². The van der Waals surface area contributed by atoms with Gasteiger partial charge in [0, 0.05) is 33.4 Å². The number of benzene rings is 4. The van der Waals surface area contributed by atoms with Crippen molar-refractivity contribution in [3.05, 3.63) is 117 Å². The minimum absolute atomic E-state index is 0.223. The zero-order valence-corrected chi connectivity index (χ0v) is 23.5. The highest BCUT2D eigenvalue weighted by Gasteiger charge is 2.31. The third-order valence-corrected chi connectivity index (χ3v) is 7.76. The smallest absolute Gasteiger partial charge is 0.272 e. The lowest BCUT2D eigenvalue weighted by molar-refractivity contribution is -0.119. The second kappa shape index (κ2) is 9.98. The highest BCUT2D eigenvalue weighted by atomic mass is 79.9. The van der Waals surface area contributed by atoms with Gasteiger partial charge in [-0.25, -0.2) is 4.99 Å². The van der Waals surface area contributed by atoms with E-state index in [0.717, 1.165) is 33.4 Å². The normalized spacial score (nSPS) is 15.7. The maximum atomic E-state index is 13.5. The predicted octanol–water partition coefficient (Wildman–Crippen LogP) is 6.80. The number of nitrogens with one attached hydrogen (secondary N) is 2. The molecule has 0 fully saturated rings. The number of carbonyl (C=O) groups is 1. The first-order valence-corrected chi connectivity index (χ1v) is 13.7. The summed E-state index contributed by atoms with van der Waals surface area (Å²) in [5.74, 6) is -0.223. The molecule has 1 aliphatic carbocycles. The first kappa shape index (κ1) is 24.8. The van der Waals surface area contributed by atoms with Gasteiger partial charge in [0.05, 0.1) is 11.4 Å². The van der Waals surface area contributed by atoms with E-state index in [2.05, 4.69) is 56.9 Å². The number of anilines is 2. The van der Waals surface area contributed by atoms with Crippen molar-refractivity contribution < 1.29 is 4.79 Å². The molecule has 0 radical (unpaired) electrons. The molecule has 4 aromatic carbocycles. The minimum Gasteiger partial charge on any atom is -0.333 e. The van der Waals surface area contributed by atoms with Gasteiger partial charge in [0.1, 0.15) is 0 Å². The van der Waals surface area contributed by atoms with Crippen LogP contribution in [0.3, 0.4) is 0 Å². The maximum Gasteiger partial charge on any atom is 0.272 e. The molecule has 38 heavy (non-hydrogen) atoms. The Bertz CT molecular complexity index is 1640. The van der Waals surface area contributed by atoms with Crippen LogP contribution in [0.2, 0.25) is 5.02 Å². The molecule has 5 nitrogen and oxygen atoms in total. The number of amides is 1. The molecule has 188 valence electrons. The van der Waals surface area contributed by atoms with Gasteiger partial charge in [0.15, 0.2) is 5.11 Å². The van der Waals surface area contributed by atoms with Gasteiger partial charge in [-0.3, -0.25) is 4.79 Å². The number of carbonyl (C=O) groups excluding carboxylic acids is 1. The predicted molar refractivity (Wildman–Crippen MR) is 162 cm³/mol. The van der Waals surface area contributed by atoms with Gasteiger partial charge >= 0.3 is 0 Å². The summed E-state index contributed by atoms with van der Waals surface area (Å²) in [6.45, 7) is 0. The van der Waals surface area contributed by atoms with Gasteiger partial charge in [-0.05, 0) is 83.4 Å². The van der Waals surface area contributed by atoms with Crippen LogP contribution in [-0.4, -0.2) is 29.9 Å². The highest BCUT2D eigenvalue weighted by molar-refractivity contribution is 9.10. The fourth-order valence-corrected chi connectivity index (χ4v) is 5.82. The van der Waals surface area contributed by atoms with Crippen molar-refractivity contribution >= 4 is 67.9 Å². The van der Waals surface area contributed by atoms with Crippen LogP contribution >= 0.6 is 39.7 Å². The van der Waals surface area contributed by atoms with Crippen LogP contribution in [0.5, 0.6) is 0 Å². The summed E-state index contributed by atoms with van der Waals surface area (Å²) in [5, 5.41) is 7.27. The second-order valence-corrected chi connectivity index (χ2v) is 11.0. The van der Waals surface area contributed by atoms with Crippen molar-refractivity contribution in [3.63, 3.8) is 0 Å². The Labute approximate surface area is 239 Å². The number of nitrogens with zero attached hydrogens (tertiary/aromatic N) is 2. The summed E-state index contributed by atoms with van der Waals surface area (Å²) in [7, 11) is 1.74. The summed E-state index contributed by atoms with van der Waals surface area (Å²) >= 11 is 15.6. The molecule has 0 spiro atoms. The van der Waals surface area contributed by atoms with Crippen molar-refractivity contribution in [2.24, 2.45) is 4.99 Å². The van der Waals surface area contributed by atoms with Gasteiger partial charge < -0.3 is 15.5 Å². The molecule has 0 saturated heterocycles. The van der Waals surface area contributed by atoms with Crippen LogP contribution in [0, 0.1) is 0 Å². The number of benzodiazepines with no additional fused rings is 1. The summed E-state index contributed by atoms with van der Waals surface area (Å²) < 4.78 is 1.07. The number of hydrogen-bond acceptors (Lipinski definition) is 3. The molecule has 2 aliphatic rings. The zero-order chi connectivity index (χ0) is 26.4. The number of halogens is 2. The molecular formula is C30H22BrClN4OS. The molecule has 0 saturated carbocycles. The van der Waals surface area contributed by atoms with Crippen molar-refractivity contribution in [1.82, 2.24) is 5.32 Å². The topological polar surface area (TPSA) is 56.7 Å². The van der Waals surface area contributed by atoms with Crippen LogP contribution < -0.4 is 15.5 Å². The summed E-state index contributed by atoms with van der Waals surface area (Å²) in [5.41, 5.74) is 8.93. The number of aliphatic imine (C=N–C) groups is 1. The van der Waals surface area contributed by atoms with Crippen LogP contribution in [-0.2, 0) is 11.2 Å². The SMILES string of the molecule is CN1C(=O)C(NC(=S)Nc2ccc3c(c2)Cc2cc(Br)ccc2-3)N=C(c2ccccc2)c2cc(Cl)ccc21. The lowest BCUT2D eigenvalue weighted by atomic mass is 10.0. The Kier molecular flexibility index (Phi) is 6.51. The van der Waals surface area contributed by atoms with Crippen molar-refractivity contribution in [3.8, 4) is 11.1 Å². The average Bonchev–Trinajstić information content (AvgIpc) is 3.22. The second-order valence-electron chi connectivity index (χ2n) is 9.25. The molecule has 4 aromatic rings. The van der Waals surface area contributed by atoms with E-state index in [4.69, 9.17) is 28.8 Å². The Morgan fingerprint density at radius 1 is 0.974 bits per heavy atom. The van der Waals surface area contributed by atoms with E-state index in [1.807, 2.05) is 48.5 Å². The molecule has 6 rings (SSSR count). The first-order chi connectivity index (χ1) is 18.4. The molecule has 1 amide bonds. The Hall–Kier alpha value is -3.52. The van der Waals surface area contributed by atoms with E-state index >= 15 is 0 Å². The first-order valence-electron chi connectivity index (χ1n) is 12.1. The Morgan fingerprint density at radius 3 is 2.50 bits per heavy atom. The van der Waals surface area contributed by atoms with Crippen LogP contribution in [0.4, 0.5) is 11.4 Å². The number of thiocarbonyl (C=S) groups is 1. The van der Waals surface area contributed by atoms with Crippen LogP contribution in [0.15, 0.2) is 94.4 Å². The van der Waals surface area contributed by atoms with Gasteiger partial charge in [0.2, 0.25) is 6.17 Å². The average molecular weight is 602 g/mol. The third kappa shape index (κ3) is 4.62. The fourth-order valence-electron chi connectivity index (χ4n) is 5.01. The van der Waals surface area contributed by atoms with Crippen molar-refractivity contribution in [2.75, 3.05) is 17.3 Å². The van der Waals surface area contributed by atoms with E-state index in [1.165, 1.54) is 22.3 Å². The molecule has 1 aliphatic heterocycles. The lowest BCUT2D eigenvalue weighted by Crippen LogP contribution is -2.47. The molecule has 1 unspecified atom stereocenters. The largest absolute Gasteiger partial charge is 0.333 e. The fraction of sp³-hybridized carbons (Fsp3) is 0.100. The van der Waals surface area contributed by atoms with Crippen molar-refractivity contribution in [1.29, 1.82) is 0 Å². The molecule has 8 heteroatoms. The standard InChI is InChI=1S/C30H22BrClN4OS/c1-36-26-12-8-21(32)16-25(26)27(17-5-3-2-4-6-17)34-28(29(36)37)35-30(38)33-22-9-11-24-19(15-22)13-18-14-20(31)7-10-23(18)24/h2-12,14-16,28H,13H2,1H3,(H2,33,35,38). The van der Waals surface area contributed by atoms with E-state index in [-0.39, 0.29) is 5.91 Å². The van der Waals surface area contributed by atoms with Crippen LogP contribution in [0.25, 0.3) is 11.1 Å². The summed E-state index contributed by atoms with van der Waals surface area (Å²) in [4.78, 5) is 19.9. The van der Waals surface area contributed by atoms with E-state index in [0.29, 0.717) is 15.8 Å². The minimum atomic E-state index is -0.919. The van der Waals surface area contributed by atoms with E-state index in [9.17, 15) is 4.79 Å². The third-order valence-electron chi connectivity index (χ3n) is 6.81. The van der Waals surface area contributed by atoms with Gasteiger partial charge in [-0.15, -0.1) is 0 Å². The zero-order valence-electron chi connectivity index (χ0n) is 20.3. The van der Waals surface area contributed by atoms with E-state index < -0.39 is 6.17 Å². The number of hydrogen-bond donors (Lipinski definition) is 2. The van der Waals surface area contributed by atoms with Gasteiger partial charge in [0.25, 0.3) is 5.91 Å². The highest BCUT2D eigenvalue weighted by Crippen LogP contribution is 2.39. The quantitative estimate of drug-likeness (QED) is 0.223. The maximum absolute atomic E-state index is 13.5. The van der Waals surface area contributed by atoms with Gasteiger partial charge in [-0.2, -0.15) is 0 Å². The Balaban J connectivity index is 1.28. The number of likely N-dealkylation sites (N-methyl/N-ethyl adjacent to an activating group) is 1. The molecule has 0 aromatic heterocycles. The monoisotopic (exact) mass is 600 g/mol. The number of fused-ring (bicyclic) bond motifs is 4.